The number of hydrogen-bond acceptors (Lipinski definition) is 8. The molecule has 0 atom stereocenters. The van der Waals surface area contributed by atoms with E-state index in [-0.39, 0.29) is 22.5 Å². The third kappa shape index (κ3) is 10.2. The van der Waals surface area contributed by atoms with Gasteiger partial charge in [-0.2, -0.15) is 4.98 Å². The Morgan fingerprint density at radius 1 is 1.14 bits per heavy atom. The Labute approximate surface area is 217 Å². The van der Waals surface area contributed by atoms with Crippen LogP contribution in [0.1, 0.15) is 56.9 Å². The molecule has 4 N–H and O–H groups in total. The number of benzene rings is 1. The highest BCUT2D eigenvalue weighted by atomic mass is 35.5. The Balaban J connectivity index is 1.31. The molecule has 2 heterocycles. The van der Waals surface area contributed by atoms with Crippen LogP contribution in [0, 0.1) is 0 Å². The average Bonchev–Trinajstić information content (AvgIpc) is 3.26. The van der Waals surface area contributed by atoms with Crippen LogP contribution in [0.3, 0.4) is 0 Å². The van der Waals surface area contributed by atoms with Gasteiger partial charge in [-0.05, 0) is 57.7 Å². The van der Waals surface area contributed by atoms with Crippen LogP contribution in [-0.2, 0) is 30.9 Å². The Bertz CT molecular complexity index is 1090. The quantitative estimate of drug-likeness (QED) is 0.234. The highest BCUT2D eigenvalue weighted by Crippen LogP contribution is 2.16. The van der Waals surface area contributed by atoms with Crippen molar-refractivity contribution in [1.29, 1.82) is 0 Å². The summed E-state index contributed by atoms with van der Waals surface area (Å²) in [5.74, 6) is 0.392. The van der Waals surface area contributed by atoms with E-state index >= 15 is 0 Å². The maximum Gasteiger partial charge on any atom is 0.224 e. The highest BCUT2D eigenvalue weighted by Gasteiger charge is 2.09. The van der Waals surface area contributed by atoms with Gasteiger partial charge in [-0.3, -0.25) is 9.48 Å². The van der Waals surface area contributed by atoms with Crippen molar-refractivity contribution in [3.63, 3.8) is 0 Å². The molecule has 0 radical (unpaired) electrons. The summed E-state index contributed by atoms with van der Waals surface area (Å²) in [7, 11) is 0. The molecule has 0 saturated carbocycles. The number of aryl methyl sites for hydroxylation is 2. The molecule has 0 unspecified atom stereocenters. The fourth-order valence-corrected chi connectivity index (χ4v) is 3.56. The number of hydrogen-bond donors (Lipinski definition) is 3. The SMILES string of the molecule is CC(C)(C)NCCCc1cn(CCCC(=O)NCc2ccc(COc3cc(Cl)nc(N)n3)cc2)nn1. The minimum atomic E-state index is 0.00855. The number of nitrogens with one attached hydrogen (secondary N) is 2. The molecular weight excluding hydrogens is 480 g/mol. The molecule has 1 aromatic carbocycles. The normalized spacial score (nSPS) is 11.4. The Morgan fingerprint density at radius 3 is 2.61 bits per heavy atom. The number of nitrogens with two attached hydrogens (primary N) is 1. The van der Waals surface area contributed by atoms with Crippen LogP contribution in [0.15, 0.2) is 36.5 Å². The molecule has 36 heavy (non-hydrogen) atoms. The fourth-order valence-electron chi connectivity index (χ4n) is 3.38. The van der Waals surface area contributed by atoms with E-state index in [2.05, 4.69) is 51.7 Å². The minimum Gasteiger partial charge on any atom is -0.473 e. The van der Waals surface area contributed by atoms with Gasteiger partial charge in [0.2, 0.25) is 17.7 Å². The van der Waals surface area contributed by atoms with E-state index in [9.17, 15) is 4.79 Å². The van der Waals surface area contributed by atoms with E-state index in [1.54, 1.807) is 0 Å². The predicted molar refractivity (Wildman–Crippen MR) is 139 cm³/mol. The number of rotatable bonds is 13. The second-order valence-electron chi connectivity index (χ2n) is 9.63. The van der Waals surface area contributed by atoms with Crippen molar-refractivity contribution in [3.05, 3.63) is 58.5 Å². The molecule has 10 nitrogen and oxygen atoms in total. The van der Waals surface area contributed by atoms with Crippen LogP contribution in [0.5, 0.6) is 5.88 Å². The molecule has 0 aliphatic heterocycles. The zero-order valence-corrected chi connectivity index (χ0v) is 21.9. The summed E-state index contributed by atoms with van der Waals surface area (Å²) in [5, 5.41) is 15.1. The molecule has 0 bridgehead atoms. The Hall–Kier alpha value is -3.24. The maximum atomic E-state index is 12.2. The van der Waals surface area contributed by atoms with Gasteiger partial charge >= 0.3 is 0 Å². The molecule has 3 rings (SSSR count). The van der Waals surface area contributed by atoms with Gasteiger partial charge in [-0.25, -0.2) is 4.98 Å². The summed E-state index contributed by atoms with van der Waals surface area (Å²) < 4.78 is 7.42. The van der Waals surface area contributed by atoms with Gasteiger partial charge in [0, 0.05) is 37.3 Å². The first-order valence-electron chi connectivity index (χ1n) is 12.1. The van der Waals surface area contributed by atoms with Crippen molar-refractivity contribution in [1.82, 2.24) is 35.6 Å². The van der Waals surface area contributed by atoms with Crippen LogP contribution in [-0.4, -0.2) is 43.0 Å². The second-order valence-corrected chi connectivity index (χ2v) is 10.0. The number of anilines is 1. The standard InChI is InChI=1S/C25H35ClN8O2/c1-25(2,3)29-12-4-6-20-16-34(33-32-20)13-5-7-22(35)28-15-18-8-10-19(11-9-18)17-36-23-14-21(26)30-24(27)31-23/h8-11,14,16,29H,4-7,12-13,15,17H2,1-3H3,(H,28,35)(H2,27,30,31). The van der Waals surface area contributed by atoms with Crippen molar-refractivity contribution in [2.24, 2.45) is 0 Å². The lowest BCUT2D eigenvalue weighted by Gasteiger charge is -2.20. The number of carbonyl (C=O) groups excluding carboxylic acids is 1. The monoisotopic (exact) mass is 514 g/mol. The second kappa shape index (κ2) is 13.2. The number of nitrogen functional groups attached to an aromatic ring is 1. The number of ether oxygens (including phenoxy) is 1. The van der Waals surface area contributed by atoms with Crippen LogP contribution in [0.4, 0.5) is 5.95 Å². The molecule has 2 aromatic heterocycles. The predicted octanol–water partition coefficient (Wildman–Crippen LogP) is 3.30. The molecule has 0 spiro atoms. The third-order valence-electron chi connectivity index (χ3n) is 5.23. The minimum absolute atomic E-state index is 0.00855. The van der Waals surface area contributed by atoms with Gasteiger partial charge in [0.05, 0.1) is 5.69 Å². The lowest BCUT2D eigenvalue weighted by atomic mass is 10.1. The largest absolute Gasteiger partial charge is 0.473 e. The summed E-state index contributed by atoms with van der Waals surface area (Å²) in [6, 6.07) is 9.29. The van der Waals surface area contributed by atoms with Gasteiger partial charge in [0.1, 0.15) is 11.8 Å². The zero-order chi connectivity index (χ0) is 26.0. The van der Waals surface area contributed by atoms with Crippen LogP contribution in [0.25, 0.3) is 0 Å². The first-order valence-corrected chi connectivity index (χ1v) is 12.5. The van der Waals surface area contributed by atoms with Crippen molar-refractivity contribution in [2.45, 2.75) is 71.7 Å². The summed E-state index contributed by atoms with van der Waals surface area (Å²) in [6.07, 6.45) is 5.00. The van der Waals surface area contributed by atoms with E-state index in [1.807, 2.05) is 35.1 Å². The molecule has 0 fully saturated rings. The van der Waals surface area contributed by atoms with Crippen molar-refractivity contribution in [2.75, 3.05) is 12.3 Å². The summed E-state index contributed by atoms with van der Waals surface area (Å²) in [5.41, 5.74) is 8.63. The molecule has 0 aliphatic carbocycles. The Morgan fingerprint density at radius 2 is 1.89 bits per heavy atom. The first-order chi connectivity index (χ1) is 17.2. The number of halogens is 1. The molecule has 11 heteroatoms. The lowest BCUT2D eigenvalue weighted by Crippen LogP contribution is -2.36. The van der Waals surface area contributed by atoms with Crippen LogP contribution in [0.2, 0.25) is 5.15 Å². The van der Waals surface area contributed by atoms with Gasteiger partial charge in [-0.1, -0.05) is 41.1 Å². The molecule has 0 aliphatic rings. The highest BCUT2D eigenvalue weighted by molar-refractivity contribution is 6.29. The van der Waals surface area contributed by atoms with Crippen molar-refractivity contribution >= 4 is 23.5 Å². The van der Waals surface area contributed by atoms with E-state index < -0.39 is 0 Å². The van der Waals surface area contributed by atoms with Crippen molar-refractivity contribution in [3.8, 4) is 5.88 Å². The molecule has 0 saturated heterocycles. The molecular formula is C25H35ClN8O2. The van der Waals surface area contributed by atoms with E-state index in [1.165, 1.54) is 6.07 Å². The first kappa shape index (κ1) is 27.3. The van der Waals surface area contributed by atoms with E-state index in [0.717, 1.165) is 36.2 Å². The van der Waals surface area contributed by atoms with Gasteiger partial charge in [-0.15, -0.1) is 5.10 Å². The number of aromatic nitrogens is 5. The maximum absolute atomic E-state index is 12.2. The van der Waals surface area contributed by atoms with Gasteiger partial charge < -0.3 is 21.1 Å². The third-order valence-corrected chi connectivity index (χ3v) is 5.42. The number of amides is 1. The summed E-state index contributed by atoms with van der Waals surface area (Å²) in [6.45, 7) is 8.86. The van der Waals surface area contributed by atoms with Crippen LogP contribution >= 0.6 is 11.6 Å². The van der Waals surface area contributed by atoms with Gasteiger partial charge in [0.25, 0.3) is 0 Å². The number of carbonyl (C=O) groups is 1. The Kier molecular flexibility index (Phi) is 10.0. The van der Waals surface area contributed by atoms with Crippen LogP contribution < -0.4 is 21.1 Å². The molecule has 3 aromatic rings. The summed E-state index contributed by atoms with van der Waals surface area (Å²) >= 11 is 5.85. The lowest BCUT2D eigenvalue weighted by molar-refractivity contribution is -0.121. The average molecular weight is 515 g/mol. The van der Waals surface area contributed by atoms with E-state index in [4.69, 9.17) is 22.1 Å². The van der Waals surface area contributed by atoms with Crippen molar-refractivity contribution < 1.29 is 9.53 Å². The zero-order valence-electron chi connectivity index (χ0n) is 21.1. The van der Waals surface area contributed by atoms with E-state index in [0.29, 0.717) is 38.4 Å². The molecule has 194 valence electrons. The topological polar surface area (TPSA) is 133 Å². The molecule has 1 amide bonds. The van der Waals surface area contributed by atoms with Gasteiger partial charge in [0.15, 0.2) is 0 Å². The fraction of sp³-hybridized carbons (Fsp3) is 0.480. The number of nitrogens with zero attached hydrogens (tertiary/aromatic N) is 5. The summed E-state index contributed by atoms with van der Waals surface area (Å²) in [4.78, 5) is 20.0. The smallest absolute Gasteiger partial charge is 0.224 e.